The summed E-state index contributed by atoms with van der Waals surface area (Å²) >= 11 is 0. The normalized spacial score (nSPS) is 15.6. The number of nitrogens with zero attached hydrogens (tertiary/aromatic N) is 5. The van der Waals surface area contributed by atoms with Gasteiger partial charge in [-0.3, -0.25) is 4.90 Å². The fourth-order valence-electron chi connectivity index (χ4n) is 3.55. The lowest BCUT2D eigenvalue weighted by Gasteiger charge is -2.18. The molecule has 140 valence electrons. The average Bonchev–Trinajstić information content (AvgIpc) is 2.86. The Balaban J connectivity index is 1.46. The Morgan fingerprint density at radius 1 is 0.963 bits per heavy atom. The van der Waals surface area contributed by atoms with Gasteiger partial charge in [-0.25, -0.2) is 4.68 Å². The Kier molecular flexibility index (Phi) is 5.27. The highest BCUT2D eigenvalue weighted by molar-refractivity contribution is 5.60. The van der Waals surface area contributed by atoms with Crippen LogP contribution >= 0.6 is 0 Å². The minimum absolute atomic E-state index is 0.867. The second kappa shape index (κ2) is 7.98. The molecular formula is C21H26N6. The van der Waals surface area contributed by atoms with Crippen LogP contribution in [0.15, 0.2) is 42.5 Å². The highest BCUT2D eigenvalue weighted by Gasteiger charge is 2.11. The summed E-state index contributed by atoms with van der Waals surface area (Å²) in [4.78, 5) is 2.44. The maximum absolute atomic E-state index is 4.54. The van der Waals surface area contributed by atoms with Crippen molar-refractivity contribution in [3.05, 3.63) is 59.5 Å². The number of rotatable bonds is 4. The summed E-state index contributed by atoms with van der Waals surface area (Å²) in [6.07, 6.45) is 1.19. The molecule has 1 N–H and O–H groups in total. The first-order valence-electron chi connectivity index (χ1n) is 9.59. The molecule has 3 aromatic rings. The fourth-order valence-corrected chi connectivity index (χ4v) is 3.55. The largest absolute Gasteiger partial charge is 0.315 e. The first kappa shape index (κ1) is 17.8. The van der Waals surface area contributed by atoms with Crippen LogP contribution in [-0.4, -0.2) is 51.1 Å². The third kappa shape index (κ3) is 4.23. The molecule has 3 heterocycles. The molecular weight excluding hydrogens is 336 g/mol. The zero-order chi connectivity index (χ0) is 18.6. The van der Waals surface area contributed by atoms with Crippen molar-refractivity contribution >= 4 is 0 Å². The van der Waals surface area contributed by atoms with Crippen molar-refractivity contribution in [2.45, 2.75) is 26.8 Å². The monoisotopic (exact) mass is 362 g/mol. The van der Waals surface area contributed by atoms with E-state index in [2.05, 4.69) is 74.9 Å². The van der Waals surface area contributed by atoms with Gasteiger partial charge >= 0.3 is 0 Å². The zero-order valence-electron chi connectivity index (χ0n) is 16.0. The van der Waals surface area contributed by atoms with Gasteiger partial charge in [-0.2, -0.15) is 15.3 Å². The molecule has 27 heavy (non-hydrogen) atoms. The molecule has 1 fully saturated rings. The summed E-state index contributed by atoms with van der Waals surface area (Å²) in [5.41, 5.74) is 6.21. The van der Waals surface area contributed by atoms with Crippen LogP contribution in [-0.2, 0) is 6.54 Å². The van der Waals surface area contributed by atoms with Crippen LogP contribution in [0.25, 0.3) is 16.9 Å². The lowest BCUT2D eigenvalue weighted by Crippen LogP contribution is -2.28. The van der Waals surface area contributed by atoms with Crippen molar-refractivity contribution < 1.29 is 0 Å². The number of aryl methyl sites for hydroxylation is 2. The van der Waals surface area contributed by atoms with E-state index >= 15 is 0 Å². The Bertz CT molecular complexity index is 874. The number of nitrogens with one attached hydrogen (secondary N) is 1. The molecule has 1 saturated heterocycles. The molecule has 0 aliphatic carbocycles. The van der Waals surface area contributed by atoms with Gasteiger partial charge in [0.25, 0.3) is 0 Å². The van der Waals surface area contributed by atoms with E-state index < -0.39 is 0 Å². The number of hydrogen-bond acceptors (Lipinski definition) is 5. The lowest BCUT2D eigenvalue weighted by atomic mass is 10.1. The summed E-state index contributed by atoms with van der Waals surface area (Å²) in [6.45, 7) is 9.28. The number of benzene rings is 1. The van der Waals surface area contributed by atoms with Gasteiger partial charge in [0, 0.05) is 30.9 Å². The van der Waals surface area contributed by atoms with Crippen LogP contribution < -0.4 is 5.32 Å². The van der Waals surface area contributed by atoms with E-state index in [4.69, 9.17) is 0 Å². The Morgan fingerprint density at radius 2 is 1.81 bits per heavy atom. The molecule has 6 nitrogen and oxygen atoms in total. The Morgan fingerprint density at radius 3 is 2.52 bits per heavy atom. The second-order valence-corrected chi connectivity index (χ2v) is 7.18. The minimum atomic E-state index is 0.867. The summed E-state index contributed by atoms with van der Waals surface area (Å²) in [5, 5.41) is 16.9. The first-order chi connectivity index (χ1) is 13.2. The van der Waals surface area contributed by atoms with Crippen LogP contribution in [0.5, 0.6) is 0 Å². The van der Waals surface area contributed by atoms with Gasteiger partial charge in [0.05, 0.1) is 22.8 Å². The van der Waals surface area contributed by atoms with Gasteiger partial charge in [-0.05, 0) is 63.7 Å². The SMILES string of the molecule is Cc1cc(C)n(-c2ccc(-c3ccc(CN4CCCNCC4)nn3)cc2)n1. The van der Waals surface area contributed by atoms with Crippen molar-refractivity contribution in [3.63, 3.8) is 0 Å². The topological polar surface area (TPSA) is 58.9 Å². The van der Waals surface area contributed by atoms with E-state index in [9.17, 15) is 0 Å². The van der Waals surface area contributed by atoms with Crippen molar-refractivity contribution in [1.82, 2.24) is 30.2 Å². The van der Waals surface area contributed by atoms with Crippen LogP contribution in [0.4, 0.5) is 0 Å². The maximum Gasteiger partial charge on any atom is 0.0929 e. The fraction of sp³-hybridized carbons (Fsp3) is 0.381. The minimum Gasteiger partial charge on any atom is -0.315 e. The lowest BCUT2D eigenvalue weighted by molar-refractivity contribution is 0.280. The van der Waals surface area contributed by atoms with Gasteiger partial charge in [-0.15, -0.1) is 0 Å². The molecule has 0 unspecified atom stereocenters. The van der Waals surface area contributed by atoms with E-state index in [-0.39, 0.29) is 0 Å². The van der Waals surface area contributed by atoms with Gasteiger partial charge in [0.15, 0.2) is 0 Å². The molecule has 4 rings (SSSR count). The van der Waals surface area contributed by atoms with Gasteiger partial charge in [0.1, 0.15) is 0 Å². The first-order valence-corrected chi connectivity index (χ1v) is 9.59. The summed E-state index contributed by atoms with van der Waals surface area (Å²) in [7, 11) is 0. The smallest absolute Gasteiger partial charge is 0.0929 e. The molecule has 0 bridgehead atoms. The van der Waals surface area contributed by atoms with Crippen molar-refractivity contribution in [1.29, 1.82) is 0 Å². The molecule has 0 saturated carbocycles. The van der Waals surface area contributed by atoms with Crippen LogP contribution in [0.3, 0.4) is 0 Å². The number of hydrogen-bond donors (Lipinski definition) is 1. The third-order valence-corrected chi connectivity index (χ3v) is 4.96. The average molecular weight is 362 g/mol. The molecule has 0 amide bonds. The molecule has 0 radical (unpaired) electrons. The zero-order valence-corrected chi connectivity index (χ0v) is 16.0. The van der Waals surface area contributed by atoms with E-state index in [1.807, 2.05) is 11.6 Å². The predicted octanol–water partition coefficient (Wildman–Crippen LogP) is 2.74. The van der Waals surface area contributed by atoms with Crippen LogP contribution in [0, 0.1) is 13.8 Å². The Labute approximate surface area is 160 Å². The molecule has 2 aromatic heterocycles. The molecule has 1 aromatic carbocycles. The maximum atomic E-state index is 4.54. The van der Waals surface area contributed by atoms with E-state index in [0.29, 0.717) is 0 Å². The summed E-state index contributed by atoms with van der Waals surface area (Å²) < 4.78 is 1.96. The quantitative estimate of drug-likeness (QED) is 0.773. The molecule has 6 heteroatoms. The van der Waals surface area contributed by atoms with E-state index in [0.717, 1.165) is 66.8 Å². The molecule has 0 atom stereocenters. The summed E-state index contributed by atoms with van der Waals surface area (Å²) in [5.74, 6) is 0. The molecule has 0 spiro atoms. The molecule has 1 aliphatic heterocycles. The van der Waals surface area contributed by atoms with E-state index in [1.165, 1.54) is 6.42 Å². The highest BCUT2D eigenvalue weighted by atomic mass is 15.3. The van der Waals surface area contributed by atoms with Gasteiger partial charge in [-0.1, -0.05) is 12.1 Å². The highest BCUT2D eigenvalue weighted by Crippen LogP contribution is 2.20. The van der Waals surface area contributed by atoms with Crippen LogP contribution in [0.2, 0.25) is 0 Å². The van der Waals surface area contributed by atoms with Gasteiger partial charge in [0.2, 0.25) is 0 Å². The van der Waals surface area contributed by atoms with E-state index in [1.54, 1.807) is 0 Å². The number of aromatic nitrogens is 4. The standard InChI is InChI=1S/C21H26N6/c1-16-14-17(2)27(25-16)20-7-4-18(5-8-20)21-9-6-19(23-24-21)15-26-12-3-10-22-11-13-26/h4-9,14,22H,3,10-13,15H2,1-2H3. The Hall–Kier alpha value is -2.57. The van der Waals surface area contributed by atoms with Crippen molar-refractivity contribution in [2.75, 3.05) is 26.2 Å². The predicted molar refractivity (Wildman–Crippen MR) is 107 cm³/mol. The van der Waals surface area contributed by atoms with Crippen LogP contribution in [0.1, 0.15) is 23.5 Å². The molecule has 1 aliphatic rings. The summed E-state index contributed by atoms with van der Waals surface area (Å²) in [6, 6.07) is 14.6. The third-order valence-electron chi connectivity index (χ3n) is 4.96. The second-order valence-electron chi connectivity index (χ2n) is 7.18. The van der Waals surface area contributed by atoms with Crippen molar-refractivity contribution in [2.24, 2.45) is 0 Å². The van der Waals surface area contributed by atoms with Crippen molar-refractivity contribution in [3.8, 4) is 16.9 Å². The van der Waals surface area contributed by atoms with Gasteiger partial charge < -0.3 is 5.32 Å².